The molecule has 1 saturated heterocycles. The number of nitriles is 1. The van der Waals surface area contributed by atoms with Gasteiger partial charge in [0.25, 0.3) is 5.91 Å². The molecule has 3 aliphatic heterocycles. The SMILES string of the molecule is C=C(F)C(=O)N1CCN(c2nc(Oc3cccc4c3CCN(C)C4)nc3c2CCN(c2cccc4c2CCCC4)C3)C[C@@H]1CC#N. The number of fused-ring (bicyclic) bond motifs is 3. The fourth-order valence-electron chi connectivity index (χ4n) is 7.62. The smallest absolute Gasteiger partial charge is 0.324 e. The number of nitrogens with zero attached hydrogens (tertiary/aromatic N) is 7. The molecule has 0 unspecified atom stereocenters. The Bertz CT molecular complexity index is 1720. The van der Waals surface area contributed by atoms with Gasteiger partial charge in [0.05, 0.1) is 30.8 Å². The predicted molar refractivity (Wildman–Crippen MR) is 175 cm³/mol. The zero-order valence-electron chi connectivity index (χ0n) is 26.5. The van der Waals surface area contributed by atoms with Crippen LogP contribution >= 0.6 is 0 Å². The van der Waals surface area contributed by atoms with E-state index < -0.39 is 17.8 Å². The molecule has 7 rings (SSSR count). The van der Waals surface area contributed by atoms with Crippen molar-refractivity contribution in [2.45, 2.75) is 64.1 Å². The molecule has 0 radical (unpaired) electrons. The highest BCUT2D eigenvalue weighted by Gasteiger charge is 2.35. The van der Waals surface area contributed by atoms with Crippen molar-refractivity contribution < 1.29 is 13.9 Å². The number of likely N-dealkylation sites (N-methyl/N-ethyl adjacent to an activating group) is 1. The molecule has 4 heterocycles. The zero-order valence-corrected chi connectivity index (χ0v) is 26.5. The van der Waals surface area contributed by atoms with Crippen molar-refractivity contribution in [3.63, 3.8) is 0 Å². The van der Waals surface area contributed by atoms with Crippen LogP contribution in [0.4, 0.5) is 15.9 Å². The molecule has 4 aliphatic rings. The van der Waals surface area contributed by atoms with Crippen LogP contribution < -0.4 is 14.5 Å². The Morgan fingerprint density at radius 2 is 1.76 bits per heavy atom. The predicted octanol–water partition coefficient (Wildman–Crippen LogP) is 5.11. The Balaban J connectivity index is 1.25. The average Bonchev–Trinajstić information content (AvgIpc) is 3.07. The maximum Gasteiger partial charge on any atom is 0.324 e. The quantitative estimate of drug-likeness (QED) is 0.351. The molecule has 238 valence electrons. The number of hydrogen-bond donors (Lipinski definition) is 0. The van der Waals surface area contributed by atoms with Gasteiger partial charge in [0, 0.05) is 56.1 Å². The summed E-state index contributed by atoms with van der Waals surface area (Å²) < 4.78 is 20.4. The van der Waals surface area contributed by atoms with E-state index in [2.05, 4.69) is 58.7 Å². The number of hydrogen-bond acceptors (Lipinski definition) is 8. The first-order chi connectivity index (χ1) is 22.4. The van der Waals surface area contributed by atoms with Gasteiger partial charge in [-0.3, -0.25) is 4.79 Å². The number of piperazine rings is 1. The Morgan fingerprint density at radius 3 is 2.61 bits per heavy atom. The van der Waals surface area contributed by atoms with Crippen LogP contribution in [0.25, 0.3) is 0 Å². The molecule has 0 spiro atoms. The van der Waals surface area contributed by atoms with Crippen LogP contribution in [0.15, 0.2) is 48.8 Å². The molecule has 1 fully saturated rings. The van der Waals surface area contributed by atoms with Crippen LogP contribution in [-0.2, 0) is 43.6 Å². The van der Waals surface area contributed by atoms with E-state index in [1.54, 1.807) is 0 Å². The van der Waals surface area contributed by atoms with Crippen molar-refractivity contribution in [3.8, 4) is 17.8 Å². The third-order valence-corrected chi connectivity index (χ3v) is 9.95. The second-order valence-electron chi connectivity index (χ2n) is 12.9. The number of rotatable bonds is 6. The van der Waals surface area contributed by atoms with Gasteiger partial charge in [-0.05, 0) is 74.4 Å². The van der Waals surface area contributed by atoms with Crippen LogP contribution in [0.1, 0.15) is 52.8 Å². The van der Waals surface area contributed by atoms with Crippen molar-refractivity contribution in [3.05, 3.63) is 82.3 Å². The molecule has 0 N–H and O–H groups in total. The summed E-state index contributed by atoms with van der Waals surface area (Å²) in [6, 6.07) is 14.8. The van der Waals surface area contributed by atoms with Gasteiger partial charge in [0.15, 0.2) is 5.83 Å². The number of ether oxygens (including phenoxy) is 1. The number of carbonyl (C=O) groups is 1. The largest absolute Gasteiger partial charge is 0.424 e. The number of anilines is 2. The monoisotopic (exact) mass is 621 g/mol. The summed E-state index contributed by atoms with van der Waals surface area (Å²) >= 11 is 0. The van der Waals surface area contributed by atoms with E-state index in [0.717, 1.165) is 68.1 Å². The lowest BCUT2D eigenvalue weighted by atomic mass is 9.89. The first-order valence-corrected chi connectivity index (χ1v) is 16.4. The van der Waals surface area contributed by atoms with Crippen LogP contribution in [0, 0.1) is 11.3 Å². The Kier molecular flexibility index (Phi) is 8.34. The van der Waals surface area contributed by atoms with Crippen molar-refractivity contribution >= 4 is 17.4 Å². The zero-order chi connectivity index (χ0) is 31.8. The molecule has 2 aromatic carbocycles. The number of aryl methyl sites for hydroxylation is 1. The minimum Gasteiger partial charge on any atom is -0.424 e. The van der Waals surface area contributed by atoms with E-state index in [9.17, 15) is 14.4 Å². The van der Waals surface area contributed by atoms with Crippen molar-refractivity contribution in [2.24, 2.45) is 0 Å². The van der Waals surface area contributed by atoms with Crippen LogP contribution in [0.3, 0.4) is 0 Å². The molecule has 3 aromatic rings. The normalized spacial score (nSPS) is 19.5. The van der Waals surface area contributed by atoms with Crippen LogP contribution in [0.5, 0.6) is 11.8 Å². The Labute approximate surface area is 269 Å². The van der Waals surface area contributed by atoms with Crippen molar-refractivity contribution in [1.29, 1.82) is 5.26 Å². The first-order valence-electron chi connectivity index (χ1n) is 16.4. The lowest BCUT2D eigenvalue weighted by Crippen LogP contribution is -2.55. The Morgan fingerprint density at radius 1 is 0.957 bits per heavy atom. The molecule has 1 aromatic heterocycles. The van der Waals surface area contributed by atoms with Crippen molar-refractivity contribution in [2.75, 3.05) is 49.6 Å². The molecule has 0 bridgehead atoms. The second-order valence-corrected chi connectivity index (χ2v) is 12.9. The summed E-state index contributed by atoms with van der Waals surface area (Å²) in [5.41, 5.74) is 8.63. The lowest BCUT2D eigenvalue weighted by Gasteiger charge is -2.42. The number of amides is 1. The van der Waals surface area contributed by atoms with E-state index in [0.29, 0.717) is 25.6 Å². The van der Waals surface area contributed by atoms with Gasteiger partial charge in [-0.25, -0.2) is 4.39 Å². The maximum absolute atomic E-state index is 13.9. The summed E-state index contributed by atoms with van der Waals surface area (Å²) in [7, 11) is 2.13. The molecule has 46 heavy (non-hydrogen) atoms. The molecule has 1 atom stereocenters. The second kappa shape index (κ2) is 12.7. The van der Waals surface area contributed by atoms with Gasteiger partial charge in [-0.15, -0.1) is 0 Å². The van der Waals surface area contributed by atoms with E-state index in [4.69, 9.17) is 14.7 Å². The standard InChI is InChI=1S/C36H40FN7O2/c1-24(37)35(45)44-20-19-43(22-27(44)13-16-38)34-30-15-18-42(32-11-5-8-25-7-3-4-10-28(25)32)23-31(30)39-36(40-34)46-33-12-6-9-26-21-41(2)17-14-29(26)33/h5-6,8-9,11-12,27H,1,3-4,7,10,13-15,17-23H2,2H3/t27-/m0/s1. The molecule has 1 aliphatic carbocycles. The van der Waals surface area contributed by atoms with Crippen LogP contribution in [0.2, 0.25) is 0 Å². The molecule has 10 heteroatoms. The van der Waals surface area contributed by atoms with Gasteiger partial charge in [0.1, 0.15) is 11.6 Å². The number of aromatic nitrogens is 2. The molecule has 9 nitrogen and oxygen atoms in total. The summed E-state index contributed by atoms with van der Waals surface area (Å²) in [5, 5.41) is 9.57. The average molecular weight is 622 g/mol. The maximum atomic E-state index is 13.9. The first kappa shape index (κ1) is 30.2. The highest BCUT2D eigenvalue weighted by Crippen LogP contribution is 2.37. The number of carbonyl (C=O) groups excluding carboxylic acids is 1. The summed E-state index contributed by atoms with van der Waals surface area (Å²) in [4.78, 5) is 31.0. The molecular formula is C36H40FN7O2. The van der Waals surface area contributed by atoms with Gasteiger partial charge in [-0.2, -0.15) is 15.2 Å². The van der Waals surface area contributed by atoms with Gasteiger partial charge in [-0.1, -0.05) is 30.8 Å². The fourth-order valence-corrected chi connectivity index (χ4v) is 7.62. The highest BCUT2D eigenvalue weighted by atomic mass is 19.1. The topological polar surface area (TPSA) is 88.8 Å². The summed E-state index contributed by atoms with van der Waals surface area (Å²) in [6.07, 6.45) is 6.41. The number of benzene rings is 2. The molecular weight excluding hydrogens is 581 g/mol. The summed E-state index contributed by atoms with van der Waals surface area (Å²) in [6.45, 7) is 7.58. The van der Waals surface area contributed by atoms with Crippen LogP contribution in [-0.4, -0.2) is 71.5 Å². The van der Waals surface area contributed by atoms with Gasteiger partial charge in [0.2, 0.25) is 0 Å². The minimum atomic E-state index is -1.01. The van der Waals surface area contributed by atoms with E-state index in [-0.39, 0.29) is 13.0 Å². The highest BCUT2D eigenvalue weighted by molar-refractivity contribution is 5.91. The fraction of sp³-hybridized carbons (Fsp3) is 0.444. The van der Waals surface area contributed by atoms with E-state index in [1.807, 2.05) is 12.1 Å². The minimum absolute atomic E-state index is 0.0869. The van der Waals surface area contributed by atoms with E-state index >= 15 is 0 Å². The van der Waals surface area contributed by atoms with Gasteiger partial charge >= 0.3 is 6.01 Å². The number of halogens is 1. The molecule has 1 amide bonds. The van der Waals surface area contributed by atoms with E-state index in [1.165, 1.54) is 45.7 Å². The summed E-state index contributed by atoms with van der Waals surface area (Å²) in [5.74, 6) is -0.212. The lowest BCUT2D eigenvalue weighted by molar-refractivity contribution is -0.131. The van der Waals surface area contributed by atoms with Gasteiger partial charge < -0.3 is 24.3 Å². The third kappa shape index (κ3) is 5.80. The van der Waals surface area contributed by atoms with Crippen molar-refractivity contribution in [1.82, 2.24) is 19.8 Å². The molecule has 0 saturated carbocycles. The Hall–Kier alpha value is -4.49. The third-order valence-electron chi connectivity index (χ3n) is 9.95.